The van der Waals surface area contributed by atoms with Crippen LogP contribution in [0.15, 0.2) is 24.3 Å². The summed E-state index contributed by atoms with van der Waals surface area (Å²) in [4.78, 5) is 41.8. The molecule has 0 spiro atoms. The van der Waals surface area contributed by atoms with Gasteiger partial charge < -0.3 is 20.3 Å². The molecule has 1 fully saturated rings. The Morgan fingerprint density at radius 2 is 1.71 bits per heavy atom. The van der Waals surface area contributed by atoms with Crippen molar-refractivity contribution in [1.29, 1.82) is 0 Å². The first-order valence-electron chi connectivity index (χ1n) is 12.5. The van der Waals surface area contributed by atoms with Crippen LogP contribution in [0.4, 0.5) is 4.79 Å². The van der Waals surface area contributed by atoms with Crippen molar-refractivity contribution in [2.75, 3.05) is 5.75 Å². The number of hydrogen-bond donors (Lipinski definition) is 3. The number of alkyl carbamates (subject to hydrolysis) is 1. The number of amides is 3. The van der Waals surface area contributed by atoms with Gasteiger partial charge in [-0.05, 0) is 66.9 Å². The van der Waals surface area contributed by atoms with Gasteiger partial charge in [-0.1, -0.05) is 49.1 Å². The molecule has 196 valence electrons. The second-order valence-corrected chi connectivity index (χ2v) is 11.8. The van der Waals surface area contributed by atoms with Gasteiger partial charge in [0.05, 0.1) is 0 Å². The van der Waals surface area contributed by atoms with Gasteiger partial charge in [-0.25, -0.2) is 4.79 Å². The number of nitrogens with one attached hydrogen (secondary N) is 2. The molecule has 0 heterocycles. The number of hydrogen-bond acceptors (Lipinski definition) is 5. The highest BCUT2D eigenvalue weighted by Gasteiger charge is 2.42. The molecule has 35 heavy (non-hydrogen) atoms. The summed E-state index contributed by atoms with van der Waals surface area (Å²) in [6, 6.07) is 5.96. The Hall–Kier alpha value is -2.22. The summed E-state index contributed by atoms with van der Waals surface area (Å²) in [5.41, 5.74) is 0.308. The maximum absolute atomic E-state index is 13.9. The molecule has 8 heteroatoms. The van der Waals surface area contributed by atoms with Crippen LogP contribution in [0.25, 0.3) is 0 Å². The number of aryl methyl sites for hydroxylation is 1. The molecule has 0 aliphatic heterocycles. The quantitative estimate of drug-likeness (QED) is 0.458. The lowest BCUT2D eigenvalue weighted by Crippen LogP contribution is -2.59. The van der Waals surface area contributed by atoms with E-state index < -0.39 is 29.3 Å². The van der Waals surface area contributed by atoms with Crippen LogP contribution in [0.5, 0.6) is 0 Å². The van der Waals surface area contributed by atoms with E-state index in [0.29, 0.717) is 0 Å². The van der Waals surface area contributed by atoms with Gasteiger partial charge in [0.2, 0.25) is 11.8 Å². The largest absolute Gasteiger partial charge is 0.444 e. The molecule has 7 nitrogen and oxygen atoms in total. The highest BCUT2D eigenvalue weighted by molar-refractivity contribution is 7.80. The van der Waals surface area contributed by atoms with Crippen LogP contribution in [0, 0.1) is 6.92 Å². The Kier molecular flexibility index (Phi) is 10.1. The number of ether oxygens (including phenoxy) is 1. The summed E-state index contributed by atoms with van der Waals surface area (Å²) in [5, 5.41) is 5.86. The molecule has 1 aliphatic carbocycles. The monoisotopic (exact) mass is 505 g/mol. The van der Waals surface area contributed by atoms with Gasteiger partial charge in [-0.2, -0.15) is 12.6 Å². The predicted molar refractivity (Wildman–Crippen MR) is 143 cm³/mol. The molecule has 0 saturated heterocycles. The molecule has 1 aliphatic rings. The van der Waals surface area contributed by atoms with E-state index in [1.54, 1.807) is 25.7 Å². The third-order valence-electron chi connectivity index (χ3n) is 5.95. The van der Waals surface area contributed by atoms with Crippen molar-refractivity contribution in [2.24, 2.45) is 0 Å². The molecule has 1 saturated carbocycles. The molecule has 2 atom stereocenters. The molecular weight excluding hydrogens is 462 g/mol. The summed E-state index contributed by atoms with van der Waals surface area (Å²) in [5.74, 6) is -0.528. The zero-order valence-electron chi connectivity index (χ0n) is 22.3. The molecule has 2 rings (SSSR count). The van der Waals surface area contributed by atoms with Gasteiger partial charge in [0.15, 0.2) is 0 Å². The zero-order chi connectivity index (χ0) is 26.4. The van der Waals surface area contributed by atoms with Crippen molar-refractivity contribution >= 4 is 30.5 Å². The summed E-state index contributed by atoms with van der Waals surface area (Å²) >= 11 is 4.34. The smallest absolute Gasteiger partial charge is 0.408 e. The standard InChI is InChI=1S/C27H43N3O4S/c1-18-12-11-13-19(16-18)22(23(31)28-20-14-9-8-10-15-20)30(26(2,3)4)24(32)21(17-35)29-25(33)34-27(5,6)7/h11-13,16,20-22,35H,8-10,14-15,17H2,1-7H3,(H,28,31)(H,29,33). The van der Waals surface area contributed by atoms with Crippen LogP contribution >= 0.6 is 12.6 Å². The minimum Gasteiger partial charge on any atom is -0.444 e. The molecule has 1 aromatic rings. The number of nitrogens with zero attached hydrogens (tertiary/aromatic N) is 1. The zero-order valence-corrected chi connectivity index (χ0v) is 23.2. The fourth-order valence-electron chi connectivity index (χ4n) is 4.43. The van der Waals surface area contributed by atoms with Crippen LogP contribution < -0.4 is 10.6 Å². The number of benzene rings is 1. The Labute approximate surface area is 216 Å². The van der Waals surface area contributed by atoms with Gasteiger partial charge >= 0.3 is 6.09 Å². The van der Waals surface area contributed by atoms with E-state index in [1.807, 2.05) is 52.0 Å². The SMILES string of the molecule is Cc1cccc(C(C(=O)NC2CCCCC2)N(C(=O)C(CS)NC(=O)OC(C)(C)C)C(C)(C)C)c1. The first-order chi connectivity index (χ1) is 16.2. The van der Waals surface area contributed by atoms with Gasteiger partial charge in [-0.3, -0.25) is 9.59 Å². The number of carbonyl (C=O) groups excluding carboxylic acids is 3. The highest BCUT2D eigenvalue weighted by atomic mass is 32.1. The second-order valence-electron chi connectivity index (χ2n) is 11.4. The van der Waals surface area contributed by atoms with Gasteiger partial charge in [0, 0.05) is 17.3 Å². The summed E-state index contributed by atoms with van der Waals surface area (Å²) in [6.45, 7) is 12.9. The normalized spacial score (nSPS) is 16.7. The number of carbonyl (C=O) groups is 3. The average molecular weight is 506 g/mol. The number of rotatable bonds is 7. The summed E-state index contributed by atoms with van der Waals surface area (Å²) in [7, 11) is 0. The van der Waals surface area contributed by atoms with E-state index in [1.165, 1.54) is 6.42 Å². The van der Waals surface area contributed by atoms with E-state index in [0.717, 1.165) is 36.8 Å². The fraction of sp³-hybridized carbons (Fsp3) is 0.667. The van der Waals surface area contributed by atoms with Crippen molar-refractivity contribution in [1.82, 2.24) is 15.5 Å². The maximum atomic E-state index is 13.9. The van der Waals surface area contributed by atoms with Crippen molar-refractivity contribution in [3.63, 3.8) is 0 Å². The highest BCUT2D eigenvalue weighted by Crippen LogP contribution is 2.31. The Morgan fingerprint density at radius 3 is 2.23 bits per heavy atom. The van der Waals surface area contributed by atoms with Gasteiger partial charge in [-0.15, -0.1) is 0 Å². The van der Waals surface area contributed by atoms with E-state index >= 15 is 0 Å². The molecule has 0 bridgehead atoms. The predicted octanol–water partition coefficient (Wildman–Crippen LogP) is 4.94. The van der Waals surface area contributed by atoms with E-state index in [2.05, 4.69) is 23.3 Å². The van der Waals surface area contributed by atoms with Crippen molar-refractivity contribution in [3.8, 4) is 0 Å². The third kappa shape index (κ3) is 8.74. The third-order valence-corrected chi connectivity index (χ3v) is 6.31. The Morgan fingerprint density at radius 1 is 1.09 bits per heavy atom. The van der Waals surface area contributed by atoms with Crippen LogP contribution in [-0.4, -0.2) is 51.8 Å². The fourth-order valence-corrected chi connectivity index (χ4v) is 4.68. The second kappa shape index (κ2) is 12.2. The molecule has 0 aromatic heterocycles. The molecular formula is C27H43N3O4S. The van der Waals surface area contributed by atoms with Crippen LogP contribution in [0.2, 0.25) is 0 Å². The van der Waals surface area contributed by atoms with E-state index in [9.17, 15) is 14.4 Å². The van der Waals surface area contributed by atoms with Crippen LogP contribution in [0.3, 0.4) is 0 Å². The molecule has 0 radical (unpaired) electrons. The van der Waals surface area contributed by atoms with E-state index in [-0.39, 0.29) is 23.6 Å². The molecule has 2 N–H and O–H groups in total. The summed E-state index contributed by atoms with van der Waals surface area (Å²) < 4.78 is 5.36. The number of thiol groups is 1. The lowest BCUT2D eigenvalue weighted by atomic mass is 9.92. The Balaban J connectivity index is 2.44. The molecule has 3 amide bonds. The maximum Gasteiger partial charge on any atom is 0.408 e. The molecule has 1 aromatic carbocycles. The first kappa shape index (κ1) is 29.0. The van der Waals surface area contributed by atoms with Crippen molar-refractivity contribution in [2.45, 2.75) is 110 Å². The lowest BCUT2D eigenvalue weighted by molar-refractivity contribution is -0.148. The van der Waals surface area contributed by atoms with Crippen molar-refractivity contribution in [3.05, 3.63) is 35.4 Å². The van der Waals surface area contributed by atoms with Crippen molar-refractivity contribution < 1.29 is 19.1 Å². The van der Waals surface area contributed by atoms with Gasteiger partial charge in [0.1, 0.15) is 17.7 Å². The minimum absolute atomic E-state index is 0.0649. The summed E-state index contributed by atoms with van der Waals surface area (Å²) in [6.07, 6.45) is 4.54. The average Bonchev–Trinajstić information content (AvgIpc) is 2.73. The Bertz CT molecular complexity index is 885. The first-order valence-corrected chi connectivity index (χ1v) is 13.2. The van der Waals surface area contributed by atoms with Gasteiger partial charge in [0.25, 0.3) is 0 Å². The van der Waals surface area contributed by atoms with Crippen LogP contribution in [-0.2, 0) is 14.3 Å². The van der Waals surface area contributed by atoms with Crippen LogP contribution in [0.1, 0.15) is 90.8 Å². The lowest BCUT2D eigenvalue weighted by Gasteiger charge is -2.43. The topological polar surface area (TPSA) is 87.7 Å². The van der Waals surface area contributed by atoms with E-state index in [4.69, 9.17) is 4.74 Å². The minimum atomic E-state index is -0.956. The molecule has 2 unspecified atom stereocenters.